The van der Waals surface area contributed by atoms with Crippen LogP contribution in [0.4, 0.5) is 13.2 Å². The Labute approximate surface area is 188 Å². The predicted molar refractivity (Wildman–Crippen MR) is 119 cm³/mol. The van der Waals surface area contributed by atoms with Crippen molar-refractivity contribution >= 4 is 21.8 Å². The van der Waals surface area contributed by atoms with Crippen LogP contribution in [0.25, 0.3) is 33.1 Å². The van der Waals surface area contributed by atoms with Crippen molar-refractivity contribution < 1.29 is 13.2 Å². The van der Waals surface area contributed by atoms with Gasteiger partial charge in [-0.25, -0.2) is 4.98 Å². The maximum atomic E-state index is 13.8. The van der Waals surface area contributed by atoms with Gasteiger partial charge in [0, 0.05) is 43.0 Å². The zero-order chi connectivity index (χ0) is 22.7. The number of alkyl halides is 3. The molecule has 172 valence electrons. The van der Waals surface area contributed by atoms with Crippen LogP contribution >= 0.6 is 0 Å². The molecular formula is C23H24F3N7. The fourth-order valence-electron chi connectivity index (χ4n) is 5.45. The predicted octanol–water partition coefficient (Wildman–Crippen LogP) is 3.62. The van der Waals surface area contributed by atoms with Gasteiger partial charge in [-0.05, 0) is 49.6 Å². The summed E-state index contributed by atoms with van der Waals surface area (Å²) in [5.41, 5.74) is 3.14. The molecule has 0 saturated carbocycles. The summed E-state index contributed by atoms with van der Waals surface area (Å²) in [4.78, 5) is 9.59. The molecule has 0 spiro atoms. The molecule has 4 heterocycles. The van der Waals surface area contributed by atoms with Crippen molar-refractivity contribution in [3.05, 3.63) is 41.3 Å². The second-order valence-electron chi connectivity index (χ2n) is 9.10. The number of piperazine rings is 1. The summed E-state index contributed by atoms with van der Waals surface area (Å²) in [6, 6.07) is 4.03. The maximum Gasteiger partial charge on any atom is 0.433 e. The van der Waals surface area contributed by atoms with Crippen LogP contribution in [0.15, 0.2) is 24.5 Å². The van der Waals surface area contributed by atoms with Gasteiger partial charge >= 0.3 is 6.18 Å². The summed E-state index contributed by atoms with van der Waals surface area (Å²) in [7, 11) is 2.12. The number of aryl methyl sites for hydroxylation is 1. The fraction of sp³-hybridized carbons (Fsp3) is 0.435. The Bertz CT molecular complexity index is 1330. The molecule has 33 heavy (non-hydrogen) atoms. The fourth-order valence-corrected chi connectivity index (χ4v) is 5.45. The van der Waals surface area contributed by atoms with Gasteiger partial charge in [0.25, 0.3) is 0 Å². The van der Waals surface area contributed by atoms with Crippen molar-refractivity contribution in [2.75, 3.05) is 33.2 Å². The van der Waals surface area contributed by atoms with Gasteiger partial charge in [0.05, 0.1) is 34.7 Å². The molecule has 4 aromatic rings. The Kier molecular flexibility index (Phi) is 4.70. The van der Waals surface area contributed by atoms with Crippen molar-refractivity contribution in [3.63, 3.8) is 0 Å². The molecule has 10 heteroatoms. The number of fused-ring (bicyclic) bond motifs is 5. The number of benzene rings is 1. The lowest BCUT2D eigenvalue weighted by Gasteiger charge is -2.40. The van der Waals surface area contributed by atoms with Crippen LogP contribution in [-0.2, 0) is 19.0 Å². The highest BCUT2D eigenvalue weighted by Crippen LogP contribution is 2.42. The average Bonchev–Trinajstić information content (AvgIpc) is 3.48. The van der Waals surface area contributed by atoms with E-state index >= 15 is 0 Å². The summed E-state index contributed by atoms with van der Waals surface area (Å²) >= 11 is 0. The third-order valence-corrected chi connectivity index (χ3v) is 7.19. The number of nitrogens with one attached hydrogen (secondary N) is 2. The minimum Gasteiger partial charge on any atom is -0.304 e. The topological polar surface area (TPSA) is 76.7 Å². The second-order valence-corrected chi connectivity index (χ2v) is 9.10. The number of likely N-dealkylation sites (N-methyl/N-ethyl adjacent to an activating group) is 1. The number of halogens is 3. The van der Waals surface area contributed by atoms with Gasteiger partial charge in [0.2, 0.25) is 0 Å². The first kappa shape index (κ1) is 20.6. The Morgan fingerprint density at radius 2 is 1.79 bits per heavy atom. The number of nitrogens with zero attached hydrogens (tertiary/aromatic N) is 5. The average molecular weight is 455 g/mol. The van der Waals surface area contributed by atoms with E-state index in [1.807, 2.05) is 12.1 Å². The minimum atomic E-state index is -4.53. The Morgan fingerprint density at radius 3 is 2.58 bits per heavy atom. The van der Waals surface area contributed by atoms with Gasteiger partial charge in [-0.2, -0.15) is 23.4 Å². The molecule has 2 aliphatic rings. The van der Waals surface area contributed by atoms with Gasteiger partial charge in [-0.3, -0.25) is 15.1 Å². The van der Waals surface area contributed by atoms with E-state index in [1.54, 1.807) is 6.20 Å². The van der Waals surface area contributed by atoms with Crippen molar-refractivity contribution in [2.24, 2.45) is 0 Å². The van der Waals surface area contributed by atoms with Gasteiger partial charge in [0.15, 0.2) is 0 Å². The highest BCUT2D eigenvalue weighted by Gasteiger charge is 2.38. The van der Waals surface area contributed by atoms with E-state index in [9.17, 15) is 13.2 Å². The quantitative estimate of drug-likeness (QED) is 0.483. The second kappa shape index (κ2) is 7.53. The normalized spacial score (nSPS) is 20.5. The van der Waals surface area contributed by atoms with Gasteiger partial charge in [0.1, 0.15) is 5.69 Å². The molecule has 3 aromatic heterocycles. The van der Waals surface area contributed by atoms with Gasteiger partial charge in [-0.1, -0.05) is 0 Å². The van der Waals surface area contributed by atoms with Crippen LogP contribution < -0.4 is 0 Å². The third-order valence-electron chi connectivity index (χ3n) is 7.19. The first-order valence-electron chi connectivity index (χ1n) is 11.2. The highest BCUT2D eigenvalue weighted by molar-refractivity contribution is 6.07. The summed E-state index contributed by atoms with van der Waals surface area (Å²) in [5, 5.41) is 15.0. The number of hydrogen-bond acceptors (Lipinski definition) is 5. The van der Waals surface area contributed by atoms with Crippen LogP contribution in [0.1, 0.15) is 23.2 Å². The number of rotatable bonds is 2. The molecule has 7 nitrogen and oxygen atoms in total. The molecule has 1 unspecified atom stereocenters. The molecule has 1 atom stereocenters. The molecule has 6 rings (SSSR count). The number of aromatic amines is 2. The monoisotopic (exact) mass is 455 g/mol. The molecular weight excluding hydrogens is 431 g/mol. The summed E-state index contributed by atoms with van der Waals surface area (Å²) < 4.78 is 41.3. The van der Waals surface area contributed by atoms with E-state index in [1.165, 1.54) is 6.20 Å². The number of pyridine rings is 1. The lowest BCUT2D eigenvalue weighted by atomic mass is 9.82. The van der Waals surface area contributed by atoms with Crippen LogP contribution in [0, 0.1) is 0 Å². The van der Waals surface area contributed by atoms with E-state index in [4.69, 9.17) is 4.98 Å². The summed E-state index contributed by atoms with van der Waals surface area (Å²) in [6.07, 6.45) is 0.949. The van der Waals surface area contributed by atoms with E-state index in [0.717, 1.165) is 66.4 Å². The van der Waals surface area contributed by atoms with Crippen LogP contribution in [0.5, 0.6) is 0 Å². The van der Waals surface area contributed by atoms with Crippen LogP contribution in [0.2, 0.25) is 0 Å². The number of H-pyrrole nitrogens is 2. The van der Waals surface area contributed by atoms with Gasteiger partial charge in [-0.15, -0.1) is 0 Å². The maximum absolute atomic E-state index is 13.8. The van der Waals surface area contributed by atoms with Crippen molar-refractivity contribution in [1.82, 2.24) is 35.2 Å². The van der Waals surface area contributed by atoms with E-state index in [2.05, 4.69) is 37.2 Å². The van der Waals surface area contributed by atoms with Crippen molar-refractivity contribution in [1.29, 1.82) is 0 Å². The van der Waals surface area contributed by atoms with E-state index in [0.29, 0.717) is 17.6 Å². The smallest absolute Gasteiger partial charge is 0.304 e. The molecule has 2 N–H and O–H groups in total. The Balaban J connectivity index is 1.54. The number of hydrogen-bond donors (Lipinski definition) is 2. The van der Waals surface area contributed by atoms with Crippen LogP contribution in [-0.4, -0.2) is 74.4 Å². The molecule has 1 fully saturated rings. The van der Waals surface area contributed by atoms with Gasteiger partial charge < -0.3 is 4.90 Å². The highest BCUT2D eigenvalue weighted by atomic mass is 19.4. The summed E-state index contributed by atoms with van der Waals surface area (Å²) in [6.45, 7) is 3.94. The largest absolute Gasteiger partial charge is 0.433 e. The van der Waals surface area contributed by atoms with E-state index < -0.39 is 11.9 Å². The third kappa shape index (κ3) is 3.39. The van der Waals surface area contributed by atoms with Crippen LogP contribution in [0.3, 0.4) is 0 Å². The first-order chi connectivity index (χ1) is 15.9. The standard InChI is InChI=1S/C23H24F3N7/c1-32-6-8-33(9-7-32)13-2-3-14-15(10-13)21(17-12-28-31-22(17)23(24,25)26)29-19-5-4-18-16(20(14)19)11-27-30-18/h4-5,11-13H,2-3,6-10H2,1H3,(H,27,30)(H,28,31). The lowest BCUT2D eigenvalue weighted by molar-refractivity contribution is -0.140. The lowest BCUT2D eigenvalue weighted by Crippen LogP contribution is -2.50. The molecule has 1 aliphatic carbocycles. The minimum absolute atomic E-state index is 0.0203. The van der Waals surface area contributed by atoms with Crippen molar-refractivity contribution in [2.45, 2.75) is 31.5 Å². The zero-order valence-electron chi connectivity index (χ0n) is 18.2. The van der Waals surface area contributed by atoms with Crippen molar-refractivity contribution in [3.8, 4) is 11.3 Å². The Hall–Kier alpha value is -2.98. The molecule has 0 radical (unpaired) electrons. The molecule has 1 saturated heterocycles. The Morgan fingerprint density at radius 1 is 1.00 bits per heavy atom. The van der Waals surface area contributed by atoms with E-state index in [-0.39, 0.29) is 11.6 Å². The SMILES string of the molecule is CN1CCN(C2CCc3c(c(-c4cn[nH]c4C(F)(F)F)nc4ccc5[nH]ncc5c34)C2)CC1. The molecule has 0 amide bonds. The molecule has 0 bridgehead atoms. The first-order valence-corrected chi connectivity index (χ1v) is 11.2. The molecule has 1 aliphatic heterocycles. The molecule has 1 aromatic carbocycles. The zero-order valence-corrected chi connectivity index (χ0v) is 18.2. The number of aromatic nitrogens is 5. The summed E-state index contributed by atoms with van der Waals surface area (Å²) in [5.74, 6) is 0.